The summed E-state index contributed by atoms with van der Waals surface area (Å²) < 4.78 is 26.8. The molecule has 0 aromatic carbocycles. The lowest BCUT2D eigenvalue weighted by atomic mass is 10.4. The van der Waals surface area contributed by atoms with Gasteiger partial charge in [0.25, 0.3) is 5.88 Å². The van der Waals surface area contributed by atoms with Gasteiger partial charge in [-0.3, -0.25) is 10.1 Å². The first-order valence-corrected chi connectivity index (χ1v) is 5.65. The van der Waals surface area contributed by atoms with Crippen LogP contribution in [0.1, 0.15) is 0 Å². The van der Waals surface area contributed by atoms with Gasteiger partial charge in [-0.1, -0.05) is 0 Å². The topological polar surface area (TPSA) is 99.4 Å². The molecule has 1 aromatic heterocycles. The number of aromatic nitrogens is 1. The van der Waals surface area contributed by atoms with Gasteiger partial charge in [0.05, 0.1) is 12.0 Å². The summed E-state index contributed by atoms with van der Waals surface area (Å²) in [7, 11) is -2.31. The zero-order valence-electron chi connectivity index (χ0n) is 8.00. The van der Waals surface area contributed by atoms with Crippen LogP contribution in [-0.2, 0) is 9.84 Å². The Morgan fingerprint density at radius 2 is 2.07 bits per heavy atom. The zero-order chi connectivity index (χ0) is 11.6. The Morgan fingerprint density at radius 1 is 1.47 bits per heavy atom. The van der Waals surface area contributed by atoms with Gasteiger partial charge in [0, 0.05) is 12.3 Å². The second-order valence-corrected chi connectivity index (χ2v) is 4.67. The van der Waals surface area contributed by atoms with E-state index in [9.17, 15) is 18.5 Å². The third-order valence-corrected chi connectivity index (χ3v) is 2.57. The fraction of sp³-hybridized carbons (Fsp3) is 0.286. The molecule has 0 N–H and O–H groups in total. The van der Waals surface area contributed by atoms with Crippen LogP contribution < -0.4 is 4.74 Å². The molecule has 1 aromatic rings. The molecule has 0 atom stereocenters. The summed E-state index contributed by atoms with van der Waals surface area (Å²) in [5.41, 5.74) is -0.370. The Kier molecular flexibility index (Phi) is 2.89. The lowest BCUT2D eigenvalue weighted by molar-refractivity contribution is -0.386. The minimum absolute atomic E-state index is 0.259. The molecule has 0 saturated carbocycles. The maximum Gasteiger partial charge on any atom is 0.331 e. The van der Waals surface area contributed by atoms with Crippen molar-refractivity contribution < 1.29 is 18.1 Å². The summed E-state index contributed by atoms with van der Waals surface area (Å²) in [4.78, 5) is 13.3. The highest BCUT2D eigenvalue weighted by atomic mass is 32.2. The molecule has 0 bridgehead atoms. The van der Waals surface area contributed by atoms with Crippen LogP contribution in [0.4, 0.5) is 5.69 Å². The van der Waals surface area contributed by atoms with Crippen LogP contribution in [0.25, 0.3) is 0 Å². The summed E-state index contributed by atoms with van der Waals surface area (Å²) in [5, 5.41) is 10.2. The molecule has 7 nitrogen and oxygen atoms in total. The van der Waals surface area contributed by atoms with Gasteiger partial charge in [-0.05, 0) is 6.07 Å². The van der Waals surface area contributed by atoms with E-state index in [2.05, 4.69) is 9.72 Å². The monoisotopic (exact) mass is 232 g/mol. The SMILES string of the molecule is COc1nc(S(C)(=O)=O)ccc1[N+](=O)[O-]. The Hall–Kier alpha value is -1.70. The molecule has 0 amide bonds. The van der Waals surface area contributed by atoms with E-state index in [1.165, 1.54) is 7.11 Å². The third kappa shape index (κ3) is 2.40. The number of sulfone groups is 1. The van der Waals surface area contributed by atoms with Gasteiger partial charge in [-0.25, -0.2) is 8.42 Å². The summed E-state index contributed by atoms with van der Waals surface area (Å²) in [5.74, 6) is -0.317. The van der Waals surface area contributed by atoms with Crippen molar-refractivity contribution in [3.63, 3.8) is 0 Å². The summed E-state index contributed by atoms with van der Waals surface area (Å²) in [6.07, 6.45) is 0.959. The average molecular weight is 232 g/mol. The number of ether oxygens (including phenoxy) is 1. The molecule has 0 fully saturated rings. The molecular formula is C7H8N2O5S. The number of rotatable bonds is 3. The highest BCUT2D eigenvalue weighted by Gasteiger charge is 2.19. The van der Waals surface area contributed by atoms with Crippen molar-refractivity contribution in [2.75, 3.05) is 13.4 Å². The highest BCUT2D eigenvalue weighted by molar-refractivity contribution is 7.90. The summed E-state index contributed by atoms with van der Waals surface area (Å²) >= 11 is 0. The van der Waals surface area contributed by atoms with E-state index in [-0.39, 0.29) is 16.6 Å². The van der Waals surface area contributed by atoms with Gasteiger partial charge < -0.3 is 4.74 Å². The molecule has 0 radical (unpaired) electrons. The van der Waals surface area contributed by atoms with Crippen molar-refractivity contribution >= 4 is 15.5 Å². The normalized spacial score (nSPS) is 11.1. The number of pyridine rings is 1. The van der Waals surface area contributed by atoms with E-state index in [0.717, 1.165) is 18.4 Å². The van der Waals surface area contributed by atoms with Crippen molar-refractivity contribution in [2.24, 2.45) is 0 Å². The minimum Gasteiger partial charge on any atom is -0.476 e. The van der Waals surface area contributed by atoms with E-state index in [0.29, 0.717) is 0 Å². The van der Waals surface area contributed by atoms with Crippen LogP contribution in [0, 0.1) is 10.1 Å². The lowest BCUT2D eigenvalue weighted by Crippen LogP contribution is -2.03. The van der Waals surface area contributed by atoms with Gasteiger partial charge >= 0.3 is 5.69 Å². The van der Waals surface area contributed by atoms with Crippen LogP contribution in [0.5, 0.6) is 5.88 Å². The predicted octanol–water partition coefficient (Wildman–Crippen LogP) is 0.402. The van der Waals surface area contributed by atoms with Crippen molar-refractivity contribution in [3.05, 3.63) is 22.2 Å². The first-order chi connectivity index (χ1) is 6.86. The Balaban J connectivity index is 3.38. The van der Waals surface area contributed by atoms with Gasteiger partial charge in [-0.15, -0.1) is 0 Å². The second kappa shape index (κ2) is 3.81. The van der Waals surface area contributed by atoms with Crippen LogP contribution in [0.15, 0.2) is 17.2 Å². The largest absolute Gasteiger partial charge is 0.476 e. The van der Waals surface area contributed by atoms with E-state index in [1.807, 2.05) is 0 Å². The van der Waals surface area contributed by atoms with Gasteiger partial charge in [0.15, 0.2) is 14.9 Å². The molecule has 0 aliphatic rings. The van der Waals surface area contributed by atoms with E-state index >= 15 is 0 Å². The quantitative estimate of drug-likeness (QED) is 0.552. The summed E-state index contributed by atoms with van der Waals surface area (Å²) in [6.45, 7) is 0. The van der Waals surface area contributed by atoms with Gasteiger partial charge in [0.2, 0.25) is 0 Å². The first kappa shape index (κ1) is 11.4. The van der Waals surface area contributed by atoms with Crippen LogP contribution >= 0.6 is 0 Å². The molecule has 0 unspecified atom stereocenters. The van der Waals surface area contributed by atoms with Crippen LogP contribution in [-0.4, -0.2) is 31.7 Å². The highest BCUT2D eigenvalue weighted by Crippen LogP contribution is 2.25. The van der Waals surface area contributed by atoms with E-state index < -0.39 is 14.8 Å². The molecule has 8 heteroatoms. The van der Waals surface area contributed by atoms with Crippen molar-refractivity contribution in [1.82, 2.24) is 4.98 Å². The molecule has 82 valence electrons. The molecule has 0 aliphatic carbocycles. The van der Waals surface area contributed by atoms with Gasteiger partial charge in [-0.2, -0.15) is 4.98 Å². The number of hydrogen-bond donors (Lipinski definition) is 0. The second-order valence-electron chi connectivity index (χ2n) is 2.71. The van der Waals surface area contributed by atoms with Crippen LogP contribution in [0.3, 0.4) is 0 Å². The molecule has 0 aliphatic heterocycles. The minimum atomic E-state index is -3.49. The van der Waals surface area contributed by atoms with Crippen molar-refractivity contribution in [3.8, 4) is 5.88 Å². The Labute approximate surface area is 85.8 Å². The maximum absolute atomic E-state index is 11.1. The average Bonchev–Trinajstić information content (AvgIpc) is 2.15. The molecule has 0 spiro atoms. The molecule has 15 heavy (non-hydrogen) atoms. The van der Waals surface area contributed by atoms with Crippen molar-refractivity contribution in [1.29, 1.82) is 0 Å². The maximum atomic E-state index is 11.1. The zero-order valence-corrected chi connectivity index (χ0v) is 8.82. The third-order valence-electron chi connectivity index (χ3n) is 1.58. The molecule has 0 saturated heterocycles. The van der Waals surface area contributed by atoms with E-state index in [4.69, 9.17) is 0 Å². The summed E-state index contributed by atoms with van der Waals surface area (Å²) in [6, 6.07) is 2.11. The number of hydrogen-bond acceptors (Lipinski definition) is 6. The number of methoxy groups -OCH3 is 1. The Morgan fingerprint density at radius 3 is 2.47 bits per heavy atom. The Bertz CT molecular complexity index is 496. The van der Waals surface area contributed by atoms with Gasteiger partial charge in [0.1, 0.15) is 0 Å². The standard InChI is InChI=1S/C7H8N2O5S/c1-14-7-5(9(10)11)3-4-6(8-7)15(2,12)13/h3-4H,1-2H3. The predicted molar refractivity (Wildman–Crippen MR) is 50.6 cm³/mol. The fourth-order valence-corrected chi connectivity index (χ4v) is 1.48. The number of nitrogens with zero attached hydrogens (tertiary/aromatic N) is 2. The first-order valence-electron chi connectivity index (χ1n) is 3.75. The van der Waals surface area contributed by atoms with Crippen molar-refractivity contribution in [2.45, 2.75) is 5.03 Å². The van der Waals surface area contributed by atoms with Crippen LogP contribution in [0.2, 0.25) is 0 Å². The van der Waals surface area contributed by atoms with E-state index in [1.54, 1.807) is 0 Å². The molecular weight excluding hydrogens is 224 g/mol. The lowest BCUT2D eigenvalue weighted by Gasteiger charge is -2.02. The smallest absolute Gasteiger partial charge is 0.331 e. The molecule has 1 heterocycles. The molecule has 1 rings (SSSR count). The number of nitro groups is 1. The fourth-order valence-electron chi connectivity index (χ4n) is 0.912.